The standard InChI is InChI=1S/C10H9N3O2/c14-4-7-12-8-6(5-1-2-5)3-11-10(15)9(8)13-7/h3-5H,1-2H2,(H,11,15)(H,12,13). The fraction of sp³-hybridized carbons (Fsp3) is 0.300. The summed E-state index contributed by atoms with van der Waals surface area (Å²) in [5.41, 5.74) is 1.86. The van der Waals surface area contributed by atoms with Crippen molar-refractivity contribution in [1.29, 1.82) is 0 Å². The summed E-state index contributed by atoms with van der Waals surface area (Å²) in [6.07, 6.45) is 4.59. The summed E-state index contributed by atoms with van der Waals surface area (Å²) >= 11 is 0. The second-order valence-electron chi connectivity index (χ2n) is 3.81. The molecule has 1 aliphatic rings. The number of H-pyrrole nitrogens is 2. The molecular weight excluding hydrogens is 194 g/mol. The average molecular weight is 203 g/mol. The summed E-state index contributed by atoms with van der Waals surface area (Å²) in [4.78, 5) is 31.5. The lowest BCUT2D eigenvalue weighted by Crippen LogP contribution is -2.06. The number of pyridine rings is 1. The van der Waals surface area contributed by atoms with Gasteiger partial charge in [-0.15, -0.1) is 0 Å². The highest BCUT2D eigenvalue weighted by atomic mass is 16.1. The van der Waals surface area contributed by atoms with Gasteiger partial charge in [0, 0.05) is 6.20 Å². The van der Waals surface area contributed by atoms with Crippen molar-refractivity contribution in [3.05, 3.63) is 27.9 Å². The zero-order chi connectivity index (χ0) is 10.4. The molecule has 5 heteroatoms. The van der Waals surface area contributed by atoms with E-state index in [2.05, 4.69) is 15.0 Å². The molecule has 1 fully saturated rings. The highest BCUT2D eigenvalue weighted by Gasteiger charge is 2.27. The third kappa shape index (κ3) is 1.20. The molecule has 3 rings (SSSR count). The largest absolute Gasteiger partial charge is 0.331 e. The Balaban J connectivity index is 2.37. The van der Waals surface area contributed by atoms with Crippen molar-refractivity contribution in [2.45, 2.75) is 18.8 Å². The summed E-state index contributed by atoms with van der Waals surface area (Å²) in [5, 5.41) is 0. The van der Waals surface area contributed by atoms with Crippen LogP contribution in [0, 0.1) is 0 Å². The minimum absolute atomic E-state index is 0.212. The van der Waals surface area contributed by atoms with Crippen LogP contribution < -0.4 is 5.56 Å². The van der Waals surface area contributed by atoms with Crippen LogP contribution in [-0.2, 0) is 0 Å². The molecular formula is C10H9N3O2. The Kier molecular flexibility index (Phi) is 1.56. The predicted octanol–water partition coefficient (Wildman–Crippen LogP) is 0.941. The van der Waals surface area contributed by atoms with Gasteiger partial charge in [0.05, 0.1) is 5.52 Å². The van der Waals surface area contributed by atoms with Crippen molar-refractivity contribution in [2.75, 3.05) is 0 Å². The molecule has 0 amide bonds. The number of aldehydes is 1. The van der Waals surface area contributed by atoms with Crippen molar-refractivity contribution in [3.63, 3.8) is 0 Å². The van der Waals surface area contributed by atoms with Crippen LogP contribution in [0.1, 0.15) is 34.9 Å². The normalized spacial score (nSPS) is 15.7. The molecule has 2 N–H and O–H groups in total. The molecule has 0 aliphatic heterocycles. The number of nitrogens with one attached hydrogen (secondary N) is 2. The lowest BCUT2D eigenvalue weighted by Gasteiger charge is -1.96. The Hall–Kier alpha value is -1.91. The third-order valence-corrected chi connectivity index (χ3v) is 2.71. The van der Waals surface area contributed by atoms with Gasteiger partial charge in [0.25, 0.3) is 5.56 Å². The van der Waals surface area contributed by atoms with E-state index in [-0.39, 0.29) is 11.4 Å². The average Bonchev–Trinajstić information content (AvgIpc) is 2.97. The van der Waals surface area contributed by atoms with Crippen molar-refractivity contribution in [1.82, 2.24) is 15.0 Å². The molecule has 0 bridgehead atoms. The first-order valence-electron chi connectivity index (χ1n) is 4.86. The number of hydrogen-bond acceptors (Lipinski definition) is 3. The smallest absolute Gasteiger partial charge is 0.273 e. The van der Waals surface area contributed by atoms with E-state index in [4.69, 9.17) is 0 Å². The van der Waals surface area contributed by atoms with Crippen molar-refractivity contribution in [2.24, 2.45) is 0 Å². The molecule has 2 heterocycles. The first kappa shape index (κ1) is 8.40. The first-order chi connectivity index (χ1) is 7.29. The molecule has 0 spiro atoms. The molecule has 0 saturated heterocycles. The van der Waals surface area contributed by atoms with E-state index >= 15 is 0 Å². The van der Waals surface area contributed by atoms with Crippen molar-refractivity contribution in [3.8, 4) is 0 Å². The van der Waals surface area contributed by atoms with Gasteiger partial charge in [-0.1, -0.05) is 0 Å². The molecule has 76 valence electrons. The minimum atomic E-state index is -0.227. The minimum Gasteiger partial charge on any atom is -0.331 e. The molecule has 2 aromatic heterocycles. The maximum atomic E-state index is 11.5. The van der Waals surface area contributed by atoms with Crippen molar-refractivity contribution >= 4 is 17.3 Å². The van der Waals surface area contributed by atoms with Gasteiger partial charge >= 0.3 is 0 Å². The van der Waals surface area contributed by atoms with Crippen molar-refractivity contribution < 1.29 is 4.79 Å². The Morgan fingerprint density at radius 1 is 1.47 bits per heavy atom. The number of fused-ring (bicyclic) bond motifs is 1. The fourth-order valence-electron chi connectivity index (χ4n) is 1.81. The van der Waals surface area contributed by atoms with Crippen LogP contribution in [0.4, 0.5) is 0 Å². The molecule has 1 saturated carbocycles. The Bertz CT molecular complexity index is 592. The zero-order valence-corrected chi connectivity index (χ0v) is 7.91. The van der Waals surface area contributed by atoms with E-state index in [9.17, 15) is 9.59 Å². The van der Waals surface area contributed by atoms with Crippen LogP contribution in [0.25, 0.3) is 11.0 Å². The van der Waals surface area contributed by atoms with Gasteiger partial charge in [-0.2, -0.15) is 0 Å². The molecule has 0 atom stereocenters. The second-order valence-corrected chi connectivity index (χ2v) is 3.81. The molecule has 0 unspecified atom stereocenters. The fourth-order valence-corrected chi connectivity index (χ4v) is 1.81. The number of carbonyl (C=O) groups is 1. The van der Waals surface area contributed by atoms with Gasteiger partial charge in [-0.05, 0) is 24.3 Å². The van der Waals surface area contributed by atoms with Crippen LogP contribution in [-0.4, -0.2) is 21.2 Å². The third-order valence-electron chi connectivity index (χ3n) is 2.71. The maximum absolute atomic E-state index is 11.5. The SMILES string of the molecule is O=Cc1nc2c(C3CC3)c[nH]c(=O)c2[nH]1. The number of aromatic nitrogens is 3. The lowest BCUT2D eigenvalue weighted by molar-refractivity contribution is 0.111. The van der Waals surface area contributed by atoms with Gasteiger partial charge in [0.1, 0.15) is 5.52 Å². The van der Waals surface area contributed by atoms with E-state index in [1.807, 2.05) is 0 Å². The van der Waals surface area contributed by atoms with E-state index in [0.29, 0.717) is 23.2 Å². The first-order valence-corrected chi connectivity index (χ1v) is 4.86. The quantitative estimate of drug-likeness (QED) is 0.713. The van der Waals surface area contributed by atoms with E-state index in [0.717, 1.165) is 18.4 Å². The number of hydrogen-bond donors (Lipinski definition) is 2. The van der Waals surface area contributed by atoms with Crippen LogP contribution in [0.3, 0.4) is 0 Å². The van der Waals surface area contributed by atoms with Crippen LogP contribution in [0.15, 0.2) is 11.0 Å². The van der Waals surface area contributed by atoms with Crippen LogP contribution in [0.5, 0.6) is 0 Å². The van der Waals surface area contributed by atoms with E-state index in [1.54, 1.807) is 6.20 Å². The van der Waals surface area contributed by atoms with Gasteiger partial charge in [0.2, 0.25) is 0 Å². The van der Waals surface area contributed by atoms with Gasteiger partial charge in [0.15, 0.2) is 12.1 Å². The van der Waals surface area contributed by atoms with Gasteiger partial charge < -0.3 is 9.97 Å². The summed E-state index contributed by atoms with van der Waals surface area (Å²) in [7, 11) is 0. The maximum Gasteiger partial charge on any atom is 0.273 e. The number of imidazole rings is 1. The molecule has 1 aliphatic carbocycles. The molecule has 0 radical (unpaired) electrons. The summed E-state index contributed by atoms with van der Waals surface area (Å²) in [6, 6.07) is 0. The lowest BCUT2D eigenvalue weighted by atomic mass is 10.1. The molecule has 5 nitrogen and oxygen atoms in total. The molecule has 15 heavy (non-hydrogen) atoms. The highest BCUT2D eigenvalue weighted by molar-refractivity contribution is 5.83. The van der Waals surface area contributed by atoms with Gasteiger partial charge in [-0.25, -0.2) is 4.98 Å². The van der Waals surface area contributed by atoms with Crippen LogP contribution >= 0.6 is 0 Å². The second kappa shape index (κ2) is 2.79. The Morgan fingerprint density at radius 3 is 2.93 bits per heavy atom. The molecule has 2 aromatic rings. The number of nitrogens with zero attached hydrogens (tertiary/aromatic N) is 1. The predicted molar refractivity (Wildman–Crippen MR) is 54.1 cm³/mol. The number of carbonyl (C=O) groups excluding carboxylic acids is 1. The summed E-state index contributed by atoms with van der Waals surface area (Å²) in [6.45, 7) is 0. The molecule has 0 aromatic carbocycles. The Labute approximate surface area is 84.5 Å². The number of rotatable bonds is 2. The summed E-state index contributed by atoms with van der Waals surface area (Å²) < 4.78 is 0. The van der Waals surface area contributed by atoms with Gasteiger partial charge in [-0.3, -0.25) is 9.59 Å². The van der Waals surface area contributed by atoms with E-state index in [1.165, 1.54) is 0 Å². The number of aromatic amines is 2. The highest BCUT2D eigenvalue weighted by Crippen LogP contribution is 2.41. The monoisotopic (exact) mass is 203 g/mol. The van der Waals surface area contributed by atoms with Crippen LogP contribution in [0.2, 0.25) is 0 Å². The Morgan fingerprint density at radius 2 is 2.27 bits per heavy atom. The zero-order valence-electron chi connectivity index (χ0n) is 7.91. The topological polar surface area (TPSA) is 78.6 Å². The van der Waals surface area contributed by atoms with E-state index < -0.39 is 0 Å². The summed E-state index contributed by atoms with van der Waals surface area (Å²) in [5.74, 6) is 0.704.